The lowest BCUT2D eigenvalue weighted by Crippen LogP contribution is -2.30. The summed E-state index contributed by atoms with van der Waals surface area (Å²) in [5.41, 5.74) is 0. The third-order valence-electron chi connectivity index (χ3n) is 19.4. The van der Waals surface area contributed by atoms with Crippen LogP contribution in [0.15, 0.2) is 170 Å². The molecule has 0 aliphatic rings. The van der Waals surface area contributed by atoms with Crippen molar-refractivity contribution >= 4 is 33.6 Å². The van der Waals surface area contributed by atoms with Crippen molar-refractivity contribution in [2.75, 3.05) is 39.6 Å². The third kappa shape index (κ3) is 91.5. The summed E-state index contributed by atoms with van der Waals surface area (Å²) in [7, 11) is -9.82. The van der Waals surface area contributed by atoms with Crippen molar-refractivity contribution in [1.82, 2.24) is 0 Å². The van der Waals surface area contributed by atoms with Gasteiger partial charge in [-0.25, -0.2) is 9.13 Å². The Balaban J connectivity index is 4.62. The molecule has 670 valence electrons. The molecular formula is C99H168O16P2. The predicted molar refractivity (Wildman–Crippen MR) is 491 cm³/mol. The first-order valence-electron chi connectivity index (χ1n) is 46.4. The molecule has 0 spiro atoms. The summed E-state index contributed by atoms with van der Waals surface area (Å²) in [5.74, 6) is -1.58. The average molecular weight is 1680 g/mol. The number of aliphatic hydroxyl groups excluding tert-OH is 2. The van der Waals surface area contributed by atoms with Crippen molar-refractivity contribution in [1.29, 1.82) is 0 Å². The lowest BCUT2D eigenvalue weighted by atomic mass is 10.0. The maximum Gasteiger partial charge on any atom is 0.472 e. The van der Waals surface area contributed by atoms with E-state index in [-0.39, 0.29) is 19.3 Å². The van der Waals surface area contributed by atoms with E-state index in [1.54, 1.807) is 0 Å². The van der Waals surface area contributed by atoms with Gasteiger partial charge in [-0.1, -0.05) is 377 Å². The zero-order chi connectivity index (χ0) is 85.1. The smallest absolute Gasteiger partial charge is 0.463 e. The fourth-order valence-corrected chi connectivity index (χ4v) is 14.0. The number of phosphoric ester groups is 2. The van der Waals surface area contributed by atoms with Gasteiger partial charge in [0.2, 0.25) is 0 Å². The van der Waals surface area contributed by atoms with E-state index >= 15 is 0 Å². The van der Waals surface area contributed by atoms with Crippen LogP contribution in [0.1, 0.15) is 380 Å². The minimum absolute atomic E-state index is 0.0876. The molecule has 0 rings (SSSR count). The number of rotatable bonds is 87. The molecule has 0 heterocycles. The van der Waals surface area contributed by atoms with Gasteiger partial charge in [-0.2, -0.15) is 0 Å². The first-order chi connectivity index (χ1) is 57.2. The number of allylic oxidation sites excluding steroid dienone is 28. The molecule has 5 atom stereocenters. The summed E-state index contributed by atoms with van der Waals surface area (Å²) < 4.78 is 61.5. The van der Waals surface area contributed by atoms with E-state index in [0.29, 0.717) is 19.3 Å². The van der Waals surface area contributed by atoms with Gasteiger partial charge in [0.25, 0.3) is 0 Å². The van der Waals surface area contributed by atoms with Crippen LogP contribution in [0.25, 0.3) is 0 Å². The first-order valence-corrected chi connectivity index (χ1v) is 49.4. The number of unbranched alkanes of at least 4 members (excludes halogenated alkanes) is 36. The van der Waals surface area contributed by atoms with E-state index in [1.807, 2.05) is 0 Å². The van der Waals surface area contributed by atoms with Gasteiger partial charge in [0.1, 0.15) is 25.4 Å². The van der Waals surface area contributed by atoms with E-state index < -0.39 is 91.5 Å². The van der Waals surface area contributed by atoms with Crippen LogP contribution in [0.4, 0.5) is 0 Å². The highest BCUT2D eigenvalue weighted by Gasteiger charge is 2.29. The first kappa shape index (κ1) is 112. The molecule has 0 bridgehead atoms. The van der Waals surface area contributed by atoms with Gasteiger partial charge in [0, 0.05) is 19.3 Å². The van der Waals surface area contributed by atoms with E-state index in [4.69, 9.17) is 32.3 Å². The summed E-state index contributed by atoms with van der Waals surface area (Å²) >= 11 is 0. The molecule has 117 heavy (non-hydrogen) atoms. The van der Waals surface area contributed by atoms with E-state index in [0.717, 1.165) is 180 Å². The van der Waals surface area contributed by atoms with Crippen LogP contribution < -0.4 is 0 Å². The van der Waals surface area contributed by atoms with Crippen molar-refractivity contribution in [3.8, 4) is 0 Å². The van der Waals surface area contributed by atoms with Crippen molar-refractivity contribution in [3.63, 3.8) is 0 Å². The second-order valence-electron chi connectivity index (χ2n) is 30.7. The molecule has 0 aromatic rings. The van der Waals surface area contributed by atoms with Crippen LogP contribution in [0.5, 0.6) is 0 Å². The second-order valence-corrected chi connectivity index (χ2v) is 33.6. The van der Waals surface area contributed by atoms with Crippen LogP contribution in [-0.4, -0.2) is 95.9 Å². The van der Waals surface area contributed by atoms with Crippen molar-refractivity contribution in [3.05, 3.63) is 170 Å². The van der Waals surface area contributed by atoms with Gasteiger partial charge >= 0.3 is 33.6 Å². The van der Waals surface area contributed by atoms with Gasteiger partial charge in [-0.15, -0.1) is 0 Å². The highest BCUT2D eigenvalue weighted by atomic mass is 31.2. The predicted octanol–water partition coefficient (Wildman–Crippen LogP) is 28.7. The number of hydrogen-bond donors (Lipinski definition) is 4. The molecule has 0 aliphatic heterocycles. The molecular weight excluding hydrogens is 1510 g/mol. The largest absolute Gasteiger partial charge is 0.472 e. The maximum absolute atomic E-state index is 13.1. The molecule has 0 amide bonds. The normalized spacial score (nSPS) is 14.6. The Hall–Kier alpha value is -5.09. The number of esters is 3. The molecule has 5 unspecified atom stereocenters. The lowest BCUT2D eigenvalue weighted by Gasteiger charge is -2.21. The standard InChI is InChI=1S/C99H168O16P2/c1-4-7-10-13-16-19-22-25-28-31-34-37-40-42-44-45-46-47-49-51-53-55-58-61-64-67-70-73-76-79-82-85-97(102)109-88-94(100)89-111-116(105,106)112-90-95(101)91-113-117(107,108)114-93-96(115-99(104)87-84-81-78-75-72-69-66-63-60-57-52-39-36-33-30-27-24-21-18-15-12-9-6-3)92-110-98(103)86-83-80-77-74-71-68-65-62-59-56-54-50-48-43-41-38-35-32-29-26-23-20-17-14-11-8-5-2/h7-8,10-11,16-21,25-30,34-39,42-44,48,57,60,94-96,100-101H,4-6,9,12-15,22-24,31-33,40-41,45-47,49-56,58-59,61-93H2,1-3H3,(H,105,106)(H,107,108)/b10-7-,11-8-,19-16-,20-17-,21-18-,28-25-,29-26-,30-27-,37-34-,38-35-,39-36-,44-42-,48-43-,60-57-. The molecule has 0 aromatic carbocycles. The van der Waals surface area contributed by atoms with E-state index in [9.17, 15) is 43.5 Å². The molecule has 18 heteroatoms. The lowest BCUT2D eigenvalue weighted by molar-refractivity contribution is -0.161. The molecule has 0 aromatic heterocycles. The van der Waals surface area contributed by atoms with Gasteiger partial charge in [-0.3, -0.25) is 32.5 Å². The van der Waals surface area contributed by atoms with Crippen LogP contribution >= 0.6 is 15.6 Å². The molecule has 16 nitrogen and oxygen atoms in total. The second kappa shape index (κ2) is 90.2. The SMILES string of the molecule is CC/C=C\C/C=C\C/C=C\C/C=C\C/C=C\CCCCCCCCCCCCCCCCCC(=O)OCC(O)COP(=O)(O)OCC(O)COP(=O)(O)OCC(COC(=O)CCCCCCCCCCCCC/C=C\C/C=C\C/C=C\C/C=C\C/C=C\CC)OC(=O)CCCCCCCCC/C=C\C/C=C\C/C=C\C/C=C\CCCCC. The van der Waals surface area contributed by atoms with E-state index in [2.05, 4.69) is 191 Å². The van der Waals surface area contributed by atoms with Crippen molar-refractivity contribution in [2.24, 2.45) is 0 Å². The molecule has 0 saturated carbocycles. The minimum atomic E-state index is -4.95. The number of aliphatic hydroxyl groups is 2. The highest BCUT2D eigenvalue weighted by molar-refractivity contribution is 7.47. The molecule has 0 aliphatic carbocycles. The Kier molecular flexibility index (Phi) is 86.2. The minimum Gasteiger partial charge on any atom is -0.463 e. The Morgan fingerprint density at radius 2 is 0.453 bits per heavy atom. The van der Waals surface area contributed by atoms with Crippen molar-refractivity contribution in [2.45, 2.75) is 399 Å². The van der Waals surface area contributed by atoms with Crippen LogP contribution in [0.2, 0.25) is 0 Å². The number of ether oxygens (including phenoxy) is 3. The van der Waals surface area contributed by atoms with Gasteiger partial charge in [0.05, 0.1) is 26.4 Å². The number of carbonyl (C=O) groups is 3. The number of phosphoric acid groups is 2. The fraction of sp³-hybridized carbons (Fsp3) is 0.687. The van der Waals surface area contributed by atoms with Crippen molar-refractivity contribution < 1.29 is 75.8 Å². The maximum atomic E-state index is 13.1. The van der Waals surface area contributed by atoms with Gasteiger partial charge in [0.15, 0.2) is 6.10 Å². The Morgan fingerprint density at radius 3 is 0.718 bits per heavy atom. The number of carbonyl (C=O) groups excluding carboxylic acids is 3. The zero-order valence-corrected chi connectivity index (χ0v) is 75.6. The molecule has 0 fully saturated rings. The molecule has 0 saturated heterocycles. The monoisotopic (exact) mass is 1680 g/mol. The van der Waals surface area contributed by atoms with Crippen LogP contribution in [-0.2, 0) is 55.8 Å². The Labute approximate surface area is 713 Å². The Morgan fingerprint density at radius 1 is 0.248 bits per heavy atom. The zero-order valence-electron chi connectivity index (χ0n) is 73.8. The topological polar surface area (TPSA) is 231 Å². The van der Waals surface area contributed by atoms with Gasteiger partial charge in [-0.05, 0) is 154 Å². The van der Waals surface area contributed by atoms with Crippen LogP contribution in [0, 0.1) is 0 Å². The van der Waals surface area contributed by atoms with Crippen LogP contribution in [0.3, 0.4) is 0 Å². The summed E-state index contributed by atoms with van der Waals surface area (Å²) in [4.78, 5) is 59.0. The summed E-state index contributed by atoms with van der Waals surface area (Å²) in [6, 6.07) is 0. The average Bonchev–Trinajstić information content (AvgIpc) is 0.901. The number of hydrogen-bond acceptors (Lipinski definition) is 14. The Bertz CT molecular complexity index is 2810. The van der Waals surface area contributed by atoms with E-state index in [1.165, 1.54) is 141 Å². The third-order valence-corrected chi connectivity index (χ3v) is 21.3. The summed E-state index contributed by atoms with van der Waals surface area (Å²) in [6.07, 6.45) is 117. The molecule has 4 N–H and O–H groups in total. The highest BCUT2D eigenvalue weighted by Crippen LogP contribution is 2.45. The summed E-state index contributed by atoms with van der Waals surface area (Å²) in [6.45, 7) is 2.46. The van der Waals surface area contributed by atoms with Gasteiger partial charge < -0.3 is 34.2 Å². The quantitative estimate of drug-likeness (QED) is 0.0146. The molecule has 0 radical (unpaired) electrons. The summed E-state index contributed by atoms with van der Waals surface area (Å²) in [5, 5.41) is 20.7. The fourth-order valence-electron chi connectivity index (χ4n) is 12.4.